The van der Waals surface area contributed by atoms with E-state index in [2.05, 4.69) is 5.32 Å². The second-order valence-corrected chi connectivity index (χ2v) is 8.46. The van der Waals surface area contributed by atoms with E-state index in [1.54, 1.807) is 31.2 Å². The SMILES string of the molecule is Cc1ccc(N2C(=O)NC(=O)/C(=C/c3cc(I)c(O)c(I)c3)C2=O)cc1Cl. The van der Waals surface area contributed by atoms with E-state index in [-0.39, 0.29) is 17.0 Å². The number of nitrogens with one attached hydrogen (secondary N) is 1. The second-order valence-electron chi connectivity index (χ2n) is 5.72. The average molecular weight is 609 g/mol. The van der Waals surface area contributed by atoms with Crippen LogP contribution in [-0.2, 0) is 9.59 Å². The number of carbonyl (C=O) groups is 3. The van der Waals surface area contributed by atoms with Gasteiger partial charge in [-0.25, -0.2) is 9.69 Å². The van der Waals surface area contributed by atoms with Gasteiger partial charge in [-0.1, -0.05) is 17.7 Å². The third kappa shape index (κ3) is 3.97. The number of aryl methyl sites for hydroxylation is 1. The summed E-state index contributed by atoms with van der Waals surface area (Å²) in [5, 5.41) is 12.4. The predicted octanol–water partition coefficient (Wildman–Crippen LogP) is 4.23. The number of phenols is 1. The minimum atomic E-state index is -0.836. The van der Waals surface area contributed by atoms with Crippen molar-refractivity contribution < 1.29 is 19.5 Å². The summed E-state index contributed by atoms with van der Waals surface area (Å²) in [4.78, 5) is 38.2. The summed E-state index contributed by atoms with van der Waals surface area (Å²) in [5.74, 6) is -1.40. The summed E-state index contributed by atoms with van der Waals surface area (Å²) in [5.41, 5.74) is 1.42. The summed E-state index contributed by atoms with van der Waals surface area (Å²) < 4.78 is 1.15. The van der Waals surface area contributed by atoms with Gasteiger partial charge in [0.05, 0.1) is 12.8 Å². The molecule has 4 amide bonds. The van der Waals surface area contributed by atoms with E-state index >= 15 is 0 Å². The van der Waals surface area contributed by atoms with Gasteiger partial charge in [0.25, 0.3) is 11.8 Å². The van der Waals surface area contributed by atoms with Crippen molar-refractivity contribution in [3.63, 3.8) is 0 Å². The van der Waals surface area contributed by atoms with Crippen LogP contribution in [0.2, 0.25) is 5.02 Å². The van der Waals surface area contributed by atoms with Crippen molar-refractivity contribution in [2.45, 2.75) is 6.92 Å². The van der Waals surface area contributed by atoms with E-state index in [1.165, 1.54) is 12.1 Å². The van der Waals surface area contributed by atoms with Crippen LogP contribution in [0.5, 0.6) is 5.75 Å². The lowest BCUT2D eigenvalue weighted by atomic mass is 10.1. The molecule has 3 rings (SSSR count). The first-order valence-electron chi connectivity index (χ1n) is 7.54. The first kappa shape index (κ1) is 20.1. The highest BCUT2D eigenvalue weighted by molar-refractivity contribution is 14.1. The van der Waals surface area contributed by atoms with Gasteiger partial charge in [-0.05, 0) is 93.6 Å². The number of anilines is 1. The fourth-order valence-electron chi connectivity index (χ4n) is 2.45. The number of hydrogen-bond acceptors (Lipinski definition) is 4. The summed E-state index contributed by atoms with van der Waals surface area (Å²) in [6, 6.07) is 7.19. The Balaban J connectivity index is 2.06. The first-order valence-corrected chi connectivity index (χ1v) is 10.1. The summed E-state index contributed by atoms with van der Waals surface area (Å²) >= 11 is 10.0. The van der Waals surface area contributed by atoms with Crippen molar-refractivity contribution in [2.75, 3.05) is 4.90 Å². The van der Waals surface area contributed by atoms with Crippen LogP contribution in [0.15, 0.2) is 35.9 Å². The summed E-state index contributed by atoms with van der Waals surface area (Å²) in [7, 11) is 0. The van der Waals surface area contributed by atoms with E-state index in [0.29, 0.717) is 17.7 Å². The fraction of sp³-hybridized carbons (Fsp3) is 0.0556. The zero-order chi connectivity index (χ0) is 19.9. The lowest BCUT2D eigenvalue weighted by Gasteiger charge is -2.26. The maximum atomic E-state index is 12.9. The molecule has 2 aromatic rings. The van der Waals surface area contributed by atoms with Crippen molar-refractivity contribution in [3.05, 3.63) is 59.2 Å². The van der Waals surface area contributed by atoms with E-state index in [4.69, 9.17) is 11.6 Å². The molecule has 1 heterocycles. The Morgan fingerprint density at radius 1 is 1.11 bits per heavy atom. The second kappa shape index (κ2) is 7.76. The molecule has 1 aliphatic rings. The summed E-state index contributed by atoms with van der Waals surface area (Å²) in [6.07, 6.45) is 1.39. The number of urea groups is 1. The Morgan fingerprint density at radius 3 is 2.33 bits per heavy atom. The number of halogens is 3. The number of imide groups is 2. The number of aromatic hydroxyl groups is 1. The van der Waals surface area contributed by atoms with Gasteiger partial charge >= 0.3 is 6.03 Å². The van der Waals surface area contributed by atoms with Gasteiger partial charge < -0.3 is 5.11 Å². The molecule has 0 aliphatic carbocycles. The van der Waals surface area contributed by atoms with Crippen LogP contribution in [0.1, 0.15) is 11.1 Å². The number of amides is 4. The first-order chi connectivity index (χ1) is 12.7. The van der Waals surface area contributed by atoms with Gasteiger partial charge in [0.2, 0.25) is 0 Å². The van der Waals surface area contributed by atoms with Crippen LogP contribution in [0.25, 0.3) is 6.08 Å². The molecule has 2 aromatic carbocycles. The topological polar surface area (TPSA) is 86.7 Å². The highest BCUT2D eigenvalue weighted by Gasteiger charge is 2.37. The quantitative estimate of drug-likeness (QED) is 0.304. The Hall–Kier alpha value is -1.66. The van der Waals surface area contributed by atoms with Gasteiger partial charge in [-0.3, -0.25) is 14.9 Å². The lowest BCUT2D eigenvalue weighted by Crippen LogP contribution is -2.54. The molecular formula is C18H11ClI2N2O4. The van der Waals surface area contributed by atoms with E-state index in [0.717, 1.165) is 10.5 Å². The molecule has 9 heteroatoms. The molecule has 138 valence electrons. The van der Waals surface area contributed by atoms with Gasteiger partial charge in [-0.2, -0.15) is 0 Å². The predicted molar refractivity (Wildman–Crippen MR) is 119 cm³/mol. The minimum absolute atomic E-state index is 0.129. The Bertz CT molecular complexity index is 1010. The number of carbonyl (C=O) groups excluding carboxylic acids is 3. The van der Waals surface area contributed by atoms with Crippen molar-refractivity contribution >= 4 is 86.4 Å². The van der Waals surface area contributed by atoms with E-state index in [9.17, 15) is 19.5 Å². The molecular weight excluding hydrogens is 597 g/mol. The Morgan fingerprint density at radius 2 is 1.74 bits per heavy atom. The van der Waals surface area contributed by atoms with Gasteiger partial charge in [0, 0.05) is 5.02 Å². The number of hydrogen-bond donors (Lipinski definition) is 2. The van der Waals surface area contributed by atoms with Crippen molar-refractivity contribution in [1.82, 2.24) is 5.32 Å². The number of benzene rings is 2. The molecule has 0 spiro atoms. The average Bonchev–Trinajstić information content (AvgIpc) is 2.59. The van der Waals surface area contributed by atoms with E-state index < -0.39 is 17.8 Å². The van der Waals surface area contributed by atoms with Crippen molar-refractivity contribution in [3.8, 4) is 5.75 Å². The van der Waals surface area contributed by atoms with Gasteiger partial charge in [-0.15, -0.1) is 0 Å². The normalized spacial score (nSPS) is 16.1. The largest absolute Gasteiger partial charge is 0.506 e. The lowest BCUT2D eigenvalue weighted by molar-refractivity contribution is -0.122. The van der Waals surface area contributed by atoms with Crippen LogP contribution in [0.4, 0.5) is 10.5 Å². The Labute approximate surface area is 186 Å². The molecule has 1 aliphatic heterocycles. The van der Waals surface area contributed by atoms with Crippen LogP contribution in [0, 0.1) is 14.1 Å². The number of rotatable bonds is 2. The number of nitrogens with zero attached hydrogens (tertiary/aromatic N) is 1. The molecule has 1 saturated heterocycles. The van der Waals surface area contributed by atoms with Crippen molar-refractivity contribution in [1.29, 1.82) is 0 Å². The third-order valence-electron chi connectivity index (χ3n) is 3.87. The molecule has 2 N–H and O–H groups in total. The zero-order valence-electron chi connectivity index (χ0n) is 13.7. The fourth-order valence-corrected chi connectivity index (χ4v) is 4.44. The van der Waals surface area contributed by atoms with Crippen LogP contribution >= 0.6 is 56.8 Å². The third-order valence-corrected chi connectivity index (χ3v) is 5.92. The van der Waals surface area contributed by atoms with Crippen LogP contribution < -0.4 is 10.2 Å². The molecule has 1 fully saturated rings. The summed E-state index contributed by atoms with van der Waals surface area (Å²) in [6.45, 7) is 1.80. The highest BCUT2D eigenvalue weighted by atomic mass is 127. The van der Waals surface area contributed by atoms with E-state index in [1.807, 2.05) is 45.2 Å². The molecule has 0 saturated carbocycles. The minimum Gasteiger partial charge on any atom is -0.506 e. The number of phenolic OH excluding ortho intramolecular Hbond substituents is 1. The zero-order valence-corrected chi connectivity index (χ0v) is 18.8. The Kier molecular flexibility index (Phi) is 5.77. The molecule has 0 bridgehead atoms. The molecule has 27 heavy (non-hydrogen) atoms. The van der Waals surface area contributed by atoms with Crippen LogP contribution in [0.3, 0.4) is 0 Å². The number of barbiturate groups is 1. The van der Waals surface area contributed by atoms with Gasteiger partial charge in [0.1, 0.15) is 11.3 Å². The van der Waals surface area contributed by atoms with Gasteiger partial charge in [0.15, 0.2) is 0 Å². The monoisotopic (exact) mass is 608 g/mol. The maximum Gasteiger partial charge on any atom is 0.335 e. The molecule has 0 atom stereocenters. The maximum absolute atomic E-state index is 12.9. The molecule has 6 nitrogen and oxygen atoms in total. The highest BCUT2D eigenvalue weighted by Crippen LogP contribution is 2.30. The standard InChI is InChI=1S/C18H11ClI2N2O4/c1-8-2-3-10(7-12(8)19)23-17(26)11(16(25)22-18(23)27)4-9-5-13(20)15(24)14(21)6-9/h2-7,24H,1H3,(H,22,25,27)/b11-4-. The molecule has 0 radical (unpaired) electrons. The molecule has 0 aromatic heterocycles. The molecule has 0 unspecified atom stereocenters. The van der Waals surface area contributed by atoms with Crippen LogP contribution in [-0.4, -0.2) is 23.0 Å². The smallest absolute Gasteiger partial charge is 0.335 e. The van der Waals surface area contributed by atoms with Crippen molar-refractivity contribution in [2.24, 2.45) is 0 Å².